The Kier molecular flexibility index (Phi) is 3.33. The van der Waals surface area contributed by atoms with Crippen LogP contribution in [-0.4, -0.2) is 16.0 Å². The topological polar surface area (TPSA) is 37.8 Å². The van der Waals surface area contributed by atoms with Crippen molar-refractivity contribution in [3.05, 3.63) is 54.9 Å². The molecule has 1 aromatic carbocycles. The van der Waals surface area contributed by atoms with Crippen LogP contribution < -0.4 is 5.32 Å². The molecule has 3 nitrogen and oxygen atoms in total. The lowest BCUT2D eigenvalue weighted by molar-refractivity contribution is 0.901. The van der Waals surface area contributed by atoms with Crippen LogP contribution in [0.2, 0.25) is 0 Å². The summed E-state index contributed by atoms with van der Waals surface area (Å²) in [7, 11) is 0. The van der Waals surface area contributed by atoms with Crippen LogP contribution in [0.5, 0.6) is 0 Å². The van der Waals surface area contributed by atoms with Crippen LogP contribution in [0.4, 0.5) is 5.69 Å². The van der Waals surface area contributed by atoms with Gasteiger partial charge in [0.25, 0.3) is 0 Å². The van der Waals surface area contributed by atoms with Crippen molar-refractivity contribution in [2.45, 2.75) is 19.9 Å². The van der Waals surface area contributed by atoms with E-state index in [0.29, 0.717) is 6.04 Å². The zero-order chi connectivity index (χ0) is 13.9. The summed E-state index contributed by atoms with van der Waals surface area (Å²) in [6, 6.07) is 14.6. The van der Waals surface area contributed by atoms with Gasteiger partial charge in [-0.15, -0.1) is 0 Å². The minimum absolute atomic E-state index is 0.377. The summed E-state index contributed by atoms with van der Waals surface area (Å²) in [4.78, 5) is 8.90. The molecule has 100 valence electrons. The van der Waals surface area contributed by atoms with E-state index in [0.717, 1.165) is 27.8 Å². The molecule has 0 aliphatic heterocycles. The van der Waals surface area contributed by atoms with Gasteiger partial charge < -0.3 is 5.32 Å². The standard InChI is InChI=1S/C17H17N3/c1-12(2)19-17-10-16(13-6-5-9-18-11-13)20-15-8-4-3-7-14(15)17/h3-12H,1-2H3,(H,19,20). The van der Waals surface area contributed by atoms with Gasteiger partial charge in [0.1, 0.15) is 0 Å². The third-order valence-electron chi connectivity index (χ3n) is 3.12. The normalized spacial score (nSPS) is 10.9. The first-order valence-electron chi connectivity index (χ1n) is 6.81. The molecule has 2 heterocycles. The first kappa shape index (κ1) is 12.6. The van der Waals surface area contributed by atoms with Crippen molar-refractivity contribution in [1.29, 1.82) is 0 Å². The number of hydrogen-bond donors (Lipinski definition) is 1. The average Bonchev–Trinajstić information content (AvgIpc) is 2.47. The Bertz CT molecular complexity index is 721. The number of aromatic nitrogens is 2. The third-order valence-corrected chi connectivity index (χ3v) is 3.12. The summed E-state index contributed by atoms with van der Waals surface area (Å²) in [5.41, 5.74) is 4.09. The van der Waals surface area contributed by atoms with Gasteiger partial charge in [0.2, 0.25) is 0 Å². The average molecular weight is 263 g/mol. The fourth-order valence-corrected chi connectivity index (χ4v) is 2.27. The Morgan fingerprint density at radius 2 is 1.90 bits per heavy atom. The maximum atomic E-state index is 4.73. The number of nitrogens with zero attached hydrogens (tertiary/aromatic N) is 2. The molecule has 0 radical (unpaired) electrons. The largest absolute Gasteiger partial charge is 0.382 e. The number of para-hydroxylation sites is 1. The first-order chi connectivity index (χ1) is 9.74. The van der Waals surface area contributed by atoms with E-state index in [1.807, 2.05) is 36.5 Å². The molecular formula is C17H17N3. The van der Waals surface area contributed by atoms with Gasteiger partial charge in [-0.2, -0.15) is 0 Å². The van der Waals surface area contributed by atoms with Gasteiger partial charge in [0, 0.05) is 35.1 Å². The summed E-state index contributed by atoms with van der Waals surface area (Å²) in [6.45, 7) is 4.28. The molecule has 0 bridgehead atoms. The number of hydrogen-bond acceptors (Lipinski definition) is 3. The quantitative estimate of drug-likeness (QED) is 0.772. The fourth-order valence-electron chi connectivity index (χ4n) is 2.27. The van der Waals surface area contributed by atoms with Crippen LogP contribution in [0, 0.1) is 0 Å². The van der Waals surface area contributed by atoms with E-state index in [1.54, 1.807) is 6.20 Å². The third kappa shape index (κ3) is 2.48. The number of benzene rings is 1. The van der Waals surface area contributed by atoms with Crippen molar-refractivity contribution in [3.8, 4) is 11.3 Å². The Morgan fingerprint density at radius 3 is 2.65 bits per heavy atom. The summed E-state index contributed by atoms with van der Waals surface area (Å²) in [5.74, 6) is 0. The highest BCUT2D eigenvalue weighted by Crippen LogP contribution is 2.28. The van der Waals surface area contributed by atoms with Crippen molar-refractivity contribution < 1.29 is 0 Å². The summed E-state index contributed by atoms with van der Waals surface area (Å²) in [6.07, 6.45) is 3.62. The van der Waals surface area contributed by atoms with E-state index in [-0.39, 0.29) is 0 Å². The molecule has 0 amide bonds. The molecule has 0 saturated carbocycles. The van der Waals surface area contributed by atoms with Crippen molar-refractivity contribution in [2.75, 3.05) is 5.32 Å². The molecule has 0 unspecified atom stereocenters. The molecule has 1 N–H and O–H groups in total. The Balaban J connectivity index is 2.20. The minimum Gasteiger partial charge on any atom is -0.382 e. The molecule has 3 rings (SSSR count). The second kappa shape index (κ2) is 5.29. The van der Waals surface area contributed by atoms with Gasteiger partial charge in [-0.3, -0.25) is 4.98 Å². The van der Waals surface area contributed by atoms with Gasteiger partial charge in [0.15, 0.2) is 0 Å². The molecule has 0 aliphatic rings. The molecule has 0 atom stereocenters. The number of anilines is 1. The van der Waals surface area contributed by atoms with E-state index in [2.05, 4.69) is 36.3 Å². The van der Waals surface area contributed by atoms with Crippen LogP contribution in [0.1, 0.15) is 13.8 Å². The highest BCUT2D eigenvalue weighted by Gasteiger charge is 2.08. The number of pyridine rings is 2. The highest BCUT2D eigenvalue weighted by atomic mass is 14.9. The van der Waals surface area contributed by atoms with Crippen LogP contribution in [-0.2, 0) is 0 Å². The lowest BCUT2D eigenvalue weighted by atomic mass is 10.1. The molecule has 0 saturated heterocycles. The summed E-state index contributed by atoms with van der Waals surface area (Å²) >= 11 is 0. The second-order valence-corrected chi connectivity index (χ2v) is 5.11. The van der Waals surface area contributed by atoms with E-state index in [1.165, 1.54) is 0 Å². The number of nitrogens with one attached hydrogen (secondary N) is 1. The molecule has 20 heavy (non-hydrogen) atoms. The van der Waals surface area contributed by atoms with E-state index in [9.17, 15) is 0 Å². The van der Waals surface area contributed by atoms with Crippen molar-refractivity contribution in [1.82, 2.24) is 9.97 Å². The molecule has 0 aliphatic carbocycles. The molecule has 2 aromatic heterocycles. The lowest BCUT2D eigenvalue weighted by Gasteiger charge is -2.14. The SMILES string of the molecule is CC(C)Nc1cc(-c2cccnc2)nc2ccccc12. The predicted molar refractivity (Wildman–Crippen MR) is 83.7 cm³/mol. The van der Waals surface area contributed by atoms with Gasteiger partial charge in [-0.1, -0.05) is 18.2 Å². The van der Waals surface area contributed by atoms with Gasteiger partial charge in [-0.25, -0.2) is 4.98 Å². The lowest BCUT2D eigenvalue weighted by Crippen LogP contribution is -2.10. The van der Waals surface area contributed by atoms with Gasteiger partial charge in [0.05, 0.1) is 11.2 Å². The zero-order valence-corrected chi connectivity index (χ0v) is 11.7. The Labute approximate surface area is 118 Å². The maximum Gasteiger partial charge on any atom is 0.0745 e. The molecule has 0 fully saturated rings. The van der Waals surface area contributed by atoms with Crippen molar-refractivity contribution in [3.63, 3.8) is 0 Å². The Hall–Kier alpha value is -2.42. The first-order valence-corrected chi connectivity index (χ1v) is 6.81. The van der Waals surface area contributed by atoms with E-state index in [4.69, 9.17) is 4.98 Å². The second-order valence-electron chi connectivity index (χ2n) is 5.11. The monoisotopic (exact) mass is 263 g/mol. The van der Waals surface area contributed by atoms with Crippen LogP contribution in [0.15, 0.2) is 54.9 Å². The van der Waals surface area contributed by atoms with Crippen LogP contribution in [0.25, 0.3) is 22.2 Å². The molecular weight excluding hydrogens is 246 g/mol. The molecule has 3 heteroatoms. The Morgan fingerprint density at radius 1 is 1.05 bits per heavy atom. The van der Waals surface area contributed by atoms with Crippen molar-refractivity contribution >= 4 is 16.6 Å². The van der Waals surface area contributed by atoms with Gasteiger partial charge in [-0.05, 0) is 38.1 Å². The minimum atomic E-state index is 0.377. The van der Waals surface area contributed by atoms with Crippen LogP contribution in [0.3, 0.4) is 0 Å². The number of rotatable bonds is 3. The summed E-state index contributed by atoms with van der Waals surface area (Å²) < 4.78 is 0. The van der Waals surface area contributed by atoms with Crippen LogP contribution >= 0.6 is 0 Å². The van der Waals surface area contributed by atoms with Gasteiger partial charge >= 0.3 is 0 Å². The predicted octanol–water partition coefficient (Wildman–Crippen LogP) is 4.12. The summed E-state index contributed by atoms with van der Waals surface area (Å²) in [5, 5.41) is 4.64. The maximum absolute atomic E-state index is 4.73. The van der Waals surface area contributed by atoms with E-state index < -0.39 is 0 Å². The zero-order valence-electron chi connectivity index (χ0n) is 11.7. The molecule has 0 spiro atoms. The van der Waals surface area contributed by atoms with Crippen molar-refractivity contribution in [2.24, 2.45) is 0 Å². The van der Waals surface area contributed by atoms with E-state index >= 15 is 0 Å². The molecule has 3 aromatic rings. The number of fused-ring (bicyclic) bond motifs is 1. The smallest absolute Gasteiger partial charge is 0.0745 e. The highest BCUT2D eigenvalue weighted by molar-refractivity contribution is 5.93. The fraction of sp³-hybridized carbons (Fsp3) is 0.176.